The summed E-state index contributed by atoms with van der Waals surface area (Å²) in [7, 11) is 2.15. The fourth-order valence-corrected chi connectivity index (χ4v) is 6.01. The van der Waals surface area contributed by atoms with E-state index < -0.39 is 0 Å². The Morgan fingerprint density at radius 1 is 1.31 bits per heavy atom. The molecule has 1 aliphatic carbocycles. The van der Waals surface area contributed by atoms with Crippen molar-refractivity contribution in [3.05, 3.63) is 58.5 Å². The molecule has 8 heteroatoms. The van der Waals surface area contributed by atoms with Crippen LogP contribution in [-0.2, 0) is 11.8 Å². The number of nitrogens with zero attached hydrogens (tertiary/aromatic N) is 2. The Hall–Kier alpha value is -3.03. The number of carbonyl (C=O) groups is 1. The molecule has 1 spiro atoms. The second-order valence-electron chi connectivity index (χ2n) is 10.3. The van der Waals surface area contributed by atoms with Gasteiger partial charge in [-0.25, -0.2) is 0 Å². The zero-order valence-corrected chi connectivity index (χ0v) is 21.5. The molecule has 0 radical (unpaired) electrons. The summed E-state index contributed by atoms with van der Waals surface area (Å²) in [5.41, 5.74) is 6.12. The summed E-state index contributed by atoms with van der Waals surface area (Å²) in [5, 5.41) is 7.45. The second-order valence-corrected chi connectivity index (χ2v) is 10.7. The van der Waals surface area contributed by atoms with E-state index in [0.29, 0.717) is 35.5 Å². The number of hydrogen-bond acceptors (Lipinski definition) is 5. The minimum Gasteiger partial charge on any atom is -0.490 e. The third kappa shape index (κ3) is 3.95. The van der Waals surface area contributed by atoms with Gasteiger partial charge in [0.2, 0.25) is 0 Å². The molecule has 2 aliphatic heterocycles. The van der Waals surface area contributed by atoms with E-state index in [-0.39, 0.29) is 11.3 Å². The standard InChI is InChI=1S/C28H32ClN5O2/c1-3-18-20(29)7-4-8-21(18)32-25-23-26(28(10-11-28)16-31-27(23)35)33-24(25)19-9-12-30-14-22(19)36-15-17-6-5-13-34(17)2/h4,7-9,12,14,17,32-33H,3,5-6,10-11,13,15-16H2,1-2H3,(H,31,35)/t17-/m1/s1. The number of ether oxygens (including phenoxy) is 1. The van der Waals surface area contributed by atoms with Crippen LogP contribution in [0.25, 0.3) is 11.3 Å². The van der Waals surface area contributed by atoms with Gasteiger partial charge in [0.05, 0.1) is 23.1 Å². The fraction of sp³-hybridized carbons (Fsp3) is 0.429. The Balaban J connectivity index is 1.46. The Kier molecular flexibility index (Phi) is 5.92. The molecule has 188 valence electrons. The number of fused-ring (bicyclic) bond motifs is 2. The highest BCUT2D eigenvalue weighted by molar-refractivity contribution is 6.31. The van der Waals surface area contributed by atoms with Gasteiger partial charge >= 0.3 is 0 Å². The summed E-state index contributed by atoms with van der Waals surface area (Å²) in [6.07, 6.45) is 8.77. The number of H-pyrrole nitrogens is 1. The van der Waals surface area contributed by atoms with Gasteiger partial charge in [-0.05, 0) is 69.5 Å². The number of benzene rings is 1. The number of anilines is 2. The number of aromatic amines is 1. The van der Waals surface area contributed by atoms with E-state index >= 15 is 0 Å². The van der Waals surface area contributed by atoms with Gasteiger partial charge in [0.15, 0.2) is 0 Å². The van der Waals surface area contributed by atoms with Crippen LogP contribution in [0.4, 0.5) is 11.4 Å². The number of halogens is 1. The van der Waals surface area contributed by atoms with Gasteiger partial charge in [-0.1, -0.05) is 24.6 Å². The molecule has 1 saturated heterocycles. The fourth-order valence-electron chi connectivity index (χ4n) is 5.70. The lowest BCUT2D eigenvalue weighted by Crippen LogP contribution is -2.39. The first-order valence-corrected chi connectivity index (χ1v) is 13.2. The maximum absolute atomic E-state index is 13.3. The minimum absolute atomic E-state index is 0.0134. The lowest BCUT2D eigenvalue weighted by molar-refractivity contribution is 0.0938. The molecule has 1 atom stereocenters. The van der Waals surface area contributed by atoms with Crippen molar-refractivity contribution < 1.29 is 9.53 Å². The molecule has 3 aliphatic rings. The highest BCUT2D eigenvalue weighted by Crippen LogP contribution is 2.54. The molecular weight excluding hydrogens is 474 g/mol. The van der Waals surface area contributed by atoms with Gasteiger partial charge < -0.3 is 25.3 Å². The molecule has 3 aromatic rings. The van der Waals surface area contributed by atoms with Crippen LogP contribution in [0, 0.1) is 0 Å². The second kappa shape index (κ2) is 9.12. The van der Waals surface area contributed by atoms with Crippen LogP contribution < -0.4 is 15.4 Å². The van der Waals surface area contributed by atoms with E-state index in [9.17, 15) is 4.79 Å². The average Bonchev–Trinajstić information content (AvgIpc) is 3.38. The Labute approximate surface area is 216 Å². The monoisotopic (exact) mass is 505 g/mol. The van der Waals surface area contributed by atoms with Crippen LogP contribution in [0.5, 0.6) is 5.75 Å². The SMILES string of the molecule is CCc1c(Cl)cccc1Nc1c(-c2ccncc2OC[C@H]2CCCN2C)[nH]c2c1C(=O)NCC21CC1. The summed E-state index contributed by atoms with van der Waals surface area (Å²) >= 11 is 6.53. The van der Waals surface area contributed by atoms with E-state index in [1.807, 2.05) is 24.3 Å². The van der Waals surface area contributed by atoms with E-state index in [1.165, 1.54) is 6.42 Å². The third-order valence-corrected chi connectivity index (χ3v) is 8.44. The number of rotatable bonds is 7. The lowest BCUT2D eigenvalue weighted by Gasteiger charge is -2.23. The van der Waals surface area contributed by atoms with Crippen LogP contribution in [0.3, 0.4) is 0 Å². The van der Waals surface area contributed by atoms with Gasteiger partial charge in [-0.15, -0.1) is 0 Å². The third-order valence-electron chi connectivity index (χ3n) is 8.09. The molecular formula is C28H32ClN5O2. The number of nitrogens with one attached hydrogen (secondary N) is 3. The average molecular weight is 506 g/mol. The van der Waals surface area contributed by atoms with Crippen molar-refractivity contribution >= 4 is 28.9 Å². The molecule has 1 saturated carbocycles. The number of hydrogen-bond donors (Lipinski definition) is 3. The summed E-state index contributed by atoms with van der Waals surface area (Å²) < 4.78 is 6.37. The van der Waals surface area contributed by atoms with Crippen LogP contribution in [0.2, 0.25) is 5.02 Å². The normalized spacial score (nSPS) is 20.3. The zero-order valence-electron chi connectivity index (χ0n) is 20.8. The molecule has 0 bridgehead atoms. The van der Waals surface area contributed by atoms with Crippen molar-refractivity contribution in [1.29, 1.82) is 0 Å². The van der Waals surface area contributed by atoms with Gasteiger partial charge in [0.25, 0.3) is 5.91 Å². The molecule has 1 aromatic carbocycles. The van der Waals surface area contributed by atoms with Crippen molar-refractivity contribution in [3.8, 4) is 17.0 Å². The maximum Gasteiger partial charge on any atom is 0.255 e. The van der Waals surface area contributed by atoms with Gasteiger partial charge in [-0.2, -0.15) is 0 Å². The topological polar surface area (TPSA) is 82.3 Å². The summed E-state index contributed by atoms with van der Waals surface area (Å²) in [5.74, 6) is 0.656. The first-order chi connectivity index (χ1) is 17.5. The Bertz CT molecular complexity index is 1320. The van der Waals surface area contributed by atoms with E-state index in [0.717, 1.165) is 66.1 Å². The van der Waals surface area contributed by atoms with Crippen LogP contribution >= 0.6 is 11.6 Å². The largest absolute Gasteiger partial charge is 0.490 e. The first-order valence-electron chi connectivity index (χ1n) is 12.9. The number of likely N-dealkylation sites (tertiary alicyclic amines) is 1. The van der Waals surface area contributed by atoms with Crippen molar-refractivity contribution in [2.75, 3.05) is 32.1 Å². The van der Waals surface area contributed by atoms with Crippen LogP contribution in [-0.4, -0.2) is 53.6 Å². The van der Waals surface area contributed by atoms with Gasteiger partial charge in [-0.3, -0.25) is 9.78 Å². The predicted molar refractivity (Wildman–Crippen MR) is 143 cm³/mol. The van der Waals surface area contributed by atoms with E-state index in [1.54, 1.807) is 12.4 Å². The highest BCUT2D eigenvalue weighted by Gasteiger charge is 2.51. The minimum atomic E-state index is -0.0586. The number of likely N-dealkylation sites (N-methyl/N-ethyl adjacent to an activating group) is 1. The predicted octanol–water partition coefficient (Wildman–Crippen LogP) is 5.28. The molecule has 1 amide bonds. The van der Waals surface area contributed by atoms with E-state index in [4.69, 9.17) is 16.3 Å². The van der Waals surface area contributed by atoms with Crippen LogP contribution in [0.1, 0.15) is 54.2 Å². The highest BCUT2D eigenvalue weighted by atomic mass is 35.5. The quantitative estimate of drug-likeness (QED) is 0.406. The van der Waals surface area contributed by atoms with Crippen LogP contribution in [0.15, 0.2) is 36.7 Å². The molecule has 36 heavy (non-hydrogen) atoms. The Morgan fingerprint density at radius 2 is 2.17 bits per heavy atom. The zero-order chi connectivity index (χ0) is 24.9. The molecule has 0 unspecified atom stereocenters. The van der Waals surface area contributed by atoms with Crippen molar-refractivity contribution in [3.63, 3.8) is 0 Å². The van der Waals surface area contributed by atoms with Crippen molar-refractivity contribution in [1.82, 2.24) is 20.2 Å². The number of amides is 1. The molecule has 2 fully saturated rings. The smallest absolute Gasteiger partial charge is 0.255 e. The molecule has 6 rings (SSSR count). The van der Waals surface area contributed by atoms with E-state index in [2.05, 4.69) is 39.5 Å². The molecule has 4 heterocycles. The Morgan fingerprint density at radius 3 is 2.92 bits per heavy atom. The maximum atomic E-state index is 13.3. The number of aromatic nitrogens is 2. The first kappa shape index (κ1) is 23.4. The summed E-state index contributed by atoms with van der Waals surface area (Å²) in [6.45, 7) is 4.46. The lowest BCUT2D eigenvalue weighted by atomic mass is 9.93. The van der Waals surface area contributed by atoms with Gasteiger partial charge in [0, 0.05) is 46.2 Å². The molecule has 7 nitrogen and oxygen atoms in total. The summed E-state index contributed by atoms with van der Waals surface area (Å²) in [6, 6.07) is 8.21. The van der Waals surface area contributed by atoms with Crippen molar-refractivity contribution in [2.45, 2.75) is 50.5 Å². The summed E-state index contributed by atoms with van der Waals surface area (Å²) in [4.78, 5) is 23.6. The van der Waals surface area contributed by atoms with Crippen molar-refractivity contribution in [2.24, 2.45) is 0 Å². The molecule has 2 aromatic heterocycles. The molecule has 3 N–H and O–H groups in total. The number of pyridine rings is 1. The van der Waals surface area contributed by atoms with Gasteiger partial charge in [0.1, 0.15) is 12.4 Å². The number of carbonyl (C=O) groups excluding carboxylic acids is 1.